The number of rotatable bonds is 10. The van der Waals surface area contributed by atoms with Crippen molar-refractivity contribution in [1.82, 2.24) is 4.57 Å². The molecule has 0 saturated heterocycles. The first-order chi connectivity index (χ1) is 26.5. The highest BCUT2D eigenvalue weighted by atomic mass is 31.2. The van der Waals surface area contributed by atoms with Gasteiger partial charge in [0.25, 0.3) is 0 Å². The Morgan fingerprint density at radius 1 is 0.600 bits per heavy atom. The van der Waals surface area contributed by atoms with E-state index in [9.17, 15) is 23.7 Å². The molecule has 55 heavy (non-hydrogen) atoms. The highest BCUT2D eigenvalue weighted by Gasteiger charge is 2.42. The number of hydrogen-bond acceptors (Lipinski definition) is 7. The minimum absolute atomic E-state index is 0.0150. The van der Waals surface area contributed by atoms with Gasteiger partial charge >= 0.3 is 5.97 Å². The lowest BCUT2D eigenvalue weighted by Gasteiger charge is -2.16. The number of ketones is 1. The van der Waals surface area contributed by atoms with Crippen LogP contribution in [0.3, 0.4) is 0 Å². The number of fused-ring (bicyclic) bond motifs is 3. The fourth-order valence-electron chi connectivity index (χ4n) is 6.47. The number of nitrogens with zero attached hydrogens (tertiary/aromatic N) is 2. The molecule has 0 unspecified atom stereocenters. The summed E-state index contributed by atoms with van der Waals surface area (Å²) in [5.74, 6) is -0.441. The van der Waals surface area contributed by atoms with Gasteiger partial charge in [0.05, 0.1) is 5.71 Å². The van der Waals surface area contributed by atoms with Crippen molar-refractivity contribution in [3.05, 3.63) is 185 Å². The van der Waals surface area contributed by atoms with Gasteiger partial charge in [0, 0.05) is 62.8 Å². The van der Waals surface area contributed by atoms with Gasteiger partial charge in [0.2, 0.25) is 18.2 Å². The molecule has 0 atom stereocenters. The van der Waals surface area contributed by atoms with Crippen molar-refractivity contribution in [2.45, 2.75) is 34.2 Å². The number of benzene rings is 6. The Balaban J connectivity index is 0.000000193. The SMILES string of the molecule is CCn1c2ccc(C(=O)c3ccccc3C)cc2c2cc(/C(C)=N/OC(C)=O)ccc21.O=C(c1ccccc1)P(=O)(C(=O)c1ccccc1)c1ccccc1. The molecule has 0 fully saturated rings. The third-order valence-electron chi connectivity index (χ3n) is 9.30. The third kappa shape index (κ3) is 7.91. The summed E-state index contributed by atoms with van der Waals surface area (Å²) >= 11 is 0. The monoisotopic (exact) mass is 746 g/mol. The molecule has 0 aliphatic rings. The number of carbonyl (C=O) groups is 4. The lowest BCUT2D eigenvalue weighted by atomic mass is 9.97. The third-order valence-corrected chi connectivity index (χ3v) is 12.0. The van der Waals surface area contributed by atoms with Crippen LogP contribution < -0.4 is 5.30 Å². The van der Waals surface area contributed by atoms with Crippen molar-refractivity contribution in [3.63, 3.8) is 0 Å². The van der Waals surface area contributed by atoms with Crippen LogP contribution in [0.4, 0.5) is 0 Å². The van der Waals surface area contributed by atoms with Gasteiger partial charge in [0.1, 0.15) is 0 Å². The molecule has 7 aromatic rings. The normalized spacial score (nSPS) is 11.5. The summed E-state index contributed by atoms with van der Waals surface area (Å²) in [5, 5.41) is 6.21. The van der Waals surface area contributed by atoms with Crippen LogP contribution in [0.15, 0.2) is 157 Å². The van der Waals surface area contributed by atoms with E-state index in [1.165, 1.54) is 6.92 Å². The van der Waals surface area contributed by atoms with Gasteiger partial charge in [-0.15, -0.1) is 0 Å². The average Bonchev–Trinajstić information content (AvgIpc) is 3.55. The molecule has 1 heterocycles. The molecular formula is C46H39N2O6P. The summed E-state index contributed by atoms with van der Waals surface area (Å²) < 4.78 is 15.9. The maximum Gasteiger partial charge on any atom is 0.331 e. The number of carbonyl (C=O) groups excluding carboxylic acids is 4. The fourth-order valence-corrected chi connectivity index (χ4v) is 8.74. The smallest absolute Gasteiger partial charge is 0.331 e. The largest absolute Gasteiger partial charge is 0.341 e. The van der Waals surface area contributed by atoms with Crippen molar-refractivity contribution in [2.24, 2.45) is 5.16 Å². The molecule has 0 saturated carbocycles. The van der Waals surface area contributed by atoms with Gasteiger partial charge in [-0.1, -0.05) is 126 Å². The summed E-state index contributed by atoms with van der Waals surface area (Å²) in [7, 11) is -3.98. The van der Waals surface area contributed by atoms with Crippen molar-refractivity contribution in [3.8, 4) is 0 Å². The van der Waals surface area contributed by atoms with Crippen LogP contribution in [0.5, 0.6) is 0 Å². The summed E-state index contributed by atoms with van der Waals surface area (Å²) in [6.45, 7) is 7.99. The minimum atomic E-state index is -3.98. The van der Waals surface area contributed by atoms with Crippen LogP contribution in [0.2, 0.25) is 0 Å². The Morgan fingerprint density at radius 3 is 1.58 bits per heavy atom. The first-order valence-electron chi connectivity index (χ1n) is 17.8. The first kappa shape index (κ1) is 38.2. The van der Waals surface area contributed by atoms with E-state index in [4.69, 9.17) is 4.84 Å². The van der Waals surface area contributed by atoms with Crippen LogP contribution in [0.1, 0.15) is 68.5 Å². The van der Waals surface area contributed by atoms with Gasteiger partial charge in [-0.2, -0.15) is 0 Å². The highest BCUT2D eigenvalue weighted by molar-refractivity contribution is 8.01. The van der Waals surface area contributed by atoms with Crippen LogP contribution in [0.25, 0.3) is 21.8 Å². The van der Waals surface area contributed by atoms with E-state index in [-0.39, 0.29) is 22.2 Å². The minimum Gasteiger partial charge on any atom is -0.341 e. The molecule has 7 rings (SSSR count). The quantitative estimate of drug-likeness (QED) is 0.0453. The van der Waals surface area contributed by atoms with Crippen molar-refractivity contribution in [1.29, 1.82) is 0 Å². The van der Waals surface area contributed by atoms with Crippen molar-refractivity contribution < 1.29 is 28.6 Å². The first-order valence-corrected chi connectivity index (χ1v) is 19.5. The topological polar surface area (TPSA) is 112 Å². The van der Waals surface area contributed by atoms with E-state index >= 15 is 0 Å². The van der Waals surface area contributed by atoms with Gasteiger partial charge in [0.15, 0.2) is 5.78 Å². The van der Waals surface area contributed by atoms with E-state index < -0.39 is 24.2 Å². The zero-order chi connectivity index (χ0) is 39.1. The van der Waals surface area contributed by atoms with E-state index in [1.807, 2.05) is 67.6 Å². The van der Waals surface area contributed by atoms with Crippen LogP contribution in [-0.4, -0.2) is 33.1 Å². The lowest BCUT2D eigenvalue weighted by Crippen LogP contribution is -2.20. The molecular weight excluding hydrogens is 707 g/mol. The Kier molecular flexibility index (Phi) is 11.6. The van der Waals surface area contributed by atoms with Gasteiger partial charge < -0.3 is 14.0 Å². The molecule has 0 amide bonds. The molecule has 0 aliphatic heterocycles. The van der Waals surface area contributed by atoms with Gasteiger partial charge in [-0.25, -0.2) is 4.79 Å². The zero-order valence-corrected chi connectivity index (χ0v) is 31.8. The summed E-state index contributed by atoms with van der Waals surface area (Å²) in [6.07, 6.45) is 0. The Hall–Kier alpha value is -6.50. The van der Waals surface area contributed by atoms with E-state index in [1.54, 1.807) is 97.9 Å². The van der Waals surface area contributed by atoms with E-state index in [2.05, 4.69) is 16.6 Å². The molecule has 0 N–H and O–H groups in total. The van der Waals surface area contributed by atoms with Crippen LogP contribution in [0, 0.1) is 6.92 Å². The Bertz CT molecular complexity index is 2570. The molecule has 6 aromatic carbocycles. The number of aromatic nitrogens is 1. The van der Waals surface area contributed by atoms with E-state index in [0.29, 0.717) is 16.8 Å². The molecule has 274 valence electrons. The molecule has 0 spiro atoms. The fraction of sp³-hybridized carbons (Fsp3) is 0.109. The Morgan fingerprint density at radius 2 is 1.07 bits per heavy atom. The van der Waals surface area contributed by atoms with Gasteiger partial charge in [-0.3, -0.25) is 14.4 Å². The second-order valence-electron chi connectivity index (χ2n) is 12.9. The standard InChI is InChI=1S/C26H24N2O3.C20H15O3P/c1-5-28-24-12-10-19(17(3)27-31-18(4)29)14-22(24)23-15-20(11-13-25(23)28)26(30)21-9-7-6-8-16(21)2;21-19(16-10-4-1-5-11-16)24(23,18-14-8-3-9-15-18)20(22)17-12-6-2-7-13-17/h6-15H,5H2,1-4H3;1-15H/b27-17+;. The summed E-state index contributed by atoms with van der Waals surface area (Å²) in [5.41, 5.74) is 5.24. The average molecular weight is 747 g/mol. The second-order valence-corrected chi connectivity index (χ2v) is 15.4. The zero-order valence-electron chi connectivity index (χ0n) is 30.9. The summed E-state index contributed by atoms with van der Waals surface area (Å²) in [4.78, 5) is 55.0. The number of hydrogen-bond donors (Lipinski definition) is 0. The van der Waals surface area contributed by atoms with Gasteiger partial charge in [-0.05, 0) is 62.2 Å². The maximum absolute atomic E-state index is 13.7. The van der Waals surface area contributed by atoms with E-state index in [0.717, 1.165) is 39.5 Å². The summed E-state index contributed by atoms with van der Waals surface area (Å²) in [6, 6.07) is 44.5. The molecule has 8 nitrogen and oxygen atoms in total. The maximum atomic E-state index is 13.7. The highest BCUT2D eigenvalue weighted by Crippen LogP contribution is 2.50. The van der Waals surface area contributed by atoms with Crippen molar-refractivity contribution >= 4 is 62.8 Å². The molecule has 0 aliphatic carbocycles. The second kappa shape index (κ2) is 16.7. The predicted octanol–water partition coefficient (Wildman–Crippen LogP) is 10.00. The number of oxime groups is 1. The molecule has 0 bridgehead atoms. The lowest BCUT2D eigenvalue weighted by molar-refractivity contribution is -0.140. The molecule has 1 aromatic heterocycles. The van der Waals surface area contributed by atoms with Crippen molar-refractivity contribution in [2.75, 3.05) is 0 Å². The van der Waals surface area contributed by atoms with Crippen LogP contribution in [-0.2, 0) is 20.7 Å². The predicted molar refractivity (Wildman–Crippen MR) is 219 cm³/mol. The molecule has 9 heteroatoms. The molecule has 0 radical (unpaired) electrons. The van der Waals surface area contributed by atoms with Crippen LogP contribution >= 0.6 is 7.14 Å². The Labute approximate surface area is 319 Å². The number of aryl methyl sites for hydroxylation is 2.